The summed E-state index contributed by atoms with van der Waals surface area (Å²) in [4.78, 5) is 6.60. The predicted octanol–water partition coefficient (Wildman–Crippen LogP) is 1.69. The van der Waals surface area contributed by atoms with Gasteiger partial charge in [0.2, 0.25) is 0 Å². The number of nitrogens with zero attached hydrogens (tertiary/aromatic N) is 9. The lowest BCUT2D eigenvalue weighted by atomic mass is 9.96. The molecule has 0 radical (unpaired) electrons. The number of pyridine rings is 1. The van der Waals surface area contributed by atoms with E-state index in [4.69, 9.17) is 5.10 Å². The van der Waals surface area contributed by atoms with Gasteiger partial charge in [0.05, 0.1) is 12.2 Å². The van der Waals surface area contributed by atoms with Crippen LogP contribution in [0.5, 0.6) is 0 Å². The molecular formula is C19H21N9. The maximum absolute atomic E-state index is 4.79. The minimum atomic E-state index is 0.349. The van der Waals surface area contributed by atoms with Gasteiger partial charge >= 0.3 is 0 Å². The highest BCUT2D eigenvalue weighted by Crippen LogP contribution is 2.28. The topological polar surface area (TPSA) is 89.9 Å². The first-order valence-electron chi connectivity index (χ1n) is 9.46. The summed E-state index contributed by atoms with van der Waals surface area (Å²) in [7, 11) is 1.98. The number of rotatable bonds is 4. The van der Waals surface area contributed by atoms with Crippen LogP contribution in [0.25, 0.3) is 16.9 Å². The number of aromatic nitrogens is 8. The first kappa shape index (κ1) is 16.9. The Morgan fingerprint density at radius 1 is 1.07 bits per heavy atom. The summed E-state index contributed by atoms with van der Waals surface area (Å²) in [6.45, 7) is 2.82. The highest BCUT2D eigenvalue weighted by molar-refractivity contribution is 5.58. The van der Waals surface area contributed by atoms with Crippen LogP contribution in [0, 0.1) is 0 Å². The average molecular weight is 375 g/mol. The minimum absolute atomic E-state index is 0.349. The lowest BCUT2D eigenvalue weighted by Gasteiger charge is -2.30. The number of aryl methyl sites for hydroxylation is 1. The molecule has 0 unspecified atom stereocenters. The second kappa shape index (κ2) is 7.08. The van der Waals surface area contributed by atoms with E-state index in [1.165, 1.54) is 0 Å². The third-order valence-electron chi connectivity index (χ3n) is 5.37. The van der Waals surface area contributed by atoms with Gasteiger partial charge in [-0.1, -0.05) is 0 Å². The molecule has 0 saturated carbocycles. The van der Waals surface area contributed by atoms with Crippen LogP contribution in [0.4, 0.5) is 0 Å². The van der Waals surface area contributed by atoms with Gasteiger partial charge < -0.3 is 4.57 Å². The van der Waals surface area contributed by atoms with Gasteiger partial charge in [-0.05, 0) is 50.2 Å². The van der Waals surface area contributed by atoms with Crippen molar-refractivity contribution >= 4 is 5.65 Å². The number of hydrogen-bond acceptors (Lipinski definition) is 7. The molecule has 28 heavy (non-hydrogen) atoms. The first-order valence-corrected chi connectivity index (χ1v) is 9.46. The smallest absolute Gasteiger partial charge is 0.177 e. The molecule has 1 saturated heterocycles. The number of fused-ring (bicyclic) bond motifs is 1. The molecule has 5 heterocycles. The molecule has 9 nitrogen and oxygen atoms in total. The molecule has 1 aliphatic rings. The second-order valence-corrected chi connectivity index (χ2v) is 7.20. The van der Waals surface area contributed by atoms with Crippen LogP contribution in [-0.2, 0) is 13.6 Å². The van der Waals surface area contributed by atoms with Crippen molar-refractivity contribution in [3.05, 3.63) is 54.6 Å². The molecule has 0 aromatic carbocycles. The van der Waals surface area contributed by atoms with E-state index in [0.29, 0.717) is 5.92 Å². The van der Waals surface area contributed by atoms with E-state index >= 15 is 0 Å². The van der Waals surface area contributed by atoms with E-state index in [0.717, 1.165) is 61.0 Å². The lowest BCUT2D eigenvalue weighted by molar-refractivity contribution is 0.195. The zero-order valence-corrected chi connectivity index (χ0v) is 15.7. The Morgan fingerprint density at radius 2 is 1.96 bits per heavy atom. The fraction of sp³-hybridized carbons (Fsp3) is 0.368. The maximum Gasteiger partial charge on any atom is 0.177 e. The largest absolute Gasteiger partial charge is 0.320 e. The Hall–Kier alpha value is -3.20. The van der Waals surface area contributed by atoms with Crippen LogP contribution in [0.3, 0.4) is 0 Å². The molecule has 4 aromatic rings. The van der Waals surface area contributed by atoms with Gasteiger partial charge in [-0.2, -0.15) is 9.61 Å². The Morgan fingerprint density at radius 3 is 2.71 bits per heavy atom. The fourth-order valence-corrected chi connectivity index (χ4v) is 3.73. The number of hydrogen-bond donors (Lipinski definition) is 0. The third kappa shape index (κ3) is 3.13. The van der Waals surface area contributed by atoms with E-state index < -0.39 is 0 Å². The van der Waals surface area contributed by atoms with Crippen molar-refractivity contribution in [2.24, 2.45) is 7.05 Å². The molecule has 5 rings (SSSR count). The molecule has 0 atom stereocenters. The third-order valence-corrected chi connectivity index (χ3v) is 5.37. The van der Waals surface area contributed by atoms with Gasteiger partial charge in [0, 0.05) is 30.9 Å². The van der Waals surface area contributed by atoms with E-state index in [1.54, 1.807) is 12.5 Å². The fourth-order valence-electron chi connectivity index (χ4n) is 3.73. The van der Waals surface area contributed by atoms with Crippen LogP contribution in [0.2, 0.25) is 0 Å². The summed E-state index contributed by atoms with van der Waals surface area (Å²) in [5, 5.41) is 21.7. The highest BCUT2D eigenvalue weighted by atomic mass is 15.4. The van der Waals surface area contributed by atoms with Crippen LogP contribution >= 0.6 is 0 Å². The average Bonchev–Trinajstić information content (AvgIpc) is 3.35. The van der Waals surface area contributed by atoms with E-state index in [9.17, 15) is 0 Å². The van der Waals surface area contributed by atoms with Crippen molar-refractivity contribution in [1.82, 2.24) is 44.5 Å². The molecule has 9 heteroatoms. The predicted molar refractivity (Wildman–Crippen MR) is 102 cm³/mol. The van der Waals surface area contributed by atoms with Crippen LogP contribution in [-0.4, -0.2) is 57.5 Å². The van der Waals surface area contributed by atoms with Gasteiger partial charge in [0.1, 0.15) is 12.2 Å². The number of likely N-dealkylation sites (tertiary alicyclic amines) is 1. The lowest BCUT2D eigenvalue weighted by Crippen LogP contribution is -2.33. The molecule has 1 aliphatic heterocycles. The molecule has 0 N–H and O–H groups in total. The SMILES string of the molecule is Cn1cnnc1CN1CCC(c2nnc3ccc(-c4cccnc4)nn23)CC1. The van der Waals surface area contributed by atoms with E-state index in [1.807, 2.05) is 46.6 Å². The normalized spacial score (nSPS) is 16.0. The second-order valence-electron chi connectivity index (χ2n) is 7.20. The maximum atomic E-state index is 4.79. The zero-order valence-electron chi connectivity index (χ0n) is 15.7. The van der Waals surface area contributed by atoms with Gasteiger partial charge in [0.25, 0.3) is 0 Å². The molecule has 142 valence electrons. The molecule has 0 bridgehead atoms. The Balaban J connectivity index is 1.35. The summed E-state index contributed by atoms with van der Waals surface area (Å²) < 4.78 is 3.87. The Labute approximate surface area is 162 Å². The summed E-state index contributed by atoms with van der Waals surface area (Å²) in [5.41, 5.74) is 2.65. The quantitative estimate of drug-likeness (QED) is 0.536. The van der Waals surface area contributed by atoms with E-state index in [2.05, 4.69) is 30.3 Å². The van der Waals surface area contributed by atoms with Crippen LogP contribution in [0.15, 0.2) is 43.0 Å². The Kier molecular flexibility index (Phi) is 4.28. The van der Waals surface area contributed by atoms with Gasteiger partial charge in [-0.3, -0.25) is 9.88 Å². The van der Waals surface area contributed by atoms with E-state index in [-0.39, 0.29) is 0 Å². The van der Waals surface area contributed by atoms with Crippen molar-refractivity contribution in [2.75, 3.05) is 13.1 Å². The summed E-state index contributed by atoms with van der Waals surface area (Å²) in [6, 6.07) is 7.86. The van der Waals surface area contributed by atoms with Crippen molar-refractivity contribution in [3.63, 3.8) is 0 Å². The standard InChI is InChI=1S/C19H21N9/c1-26-13-21-22-18(26)12-27-9-6-14(7-10-27)19-24-23-17-5-4-16(25-28(17)19)15-3-2-8-20-11-15/h2-5,8,11,13-14H,6-7,9-10,12H2,1H3. The molecule has 4 aromatic heterocycles. The van der Waals surface area contributed by atoms with Crippen molar-refractivity contribution in [2.45, 2.75) is 25.3 Å². The monoisotopic (exact) mass is 375 g/mol. The van der Waals surface area contributed by atoms with Crippen molar-refractivity contribution < 1.29 is 0 Å². The summed E-state index contributed by atoms with van der Waals surface area (Å²) in [6.07, 6.45) is 7.38. The zero-order chi connectivity index (χ0) is 18.9. The van der Waals surface area contributed by atoms with Gasteiger partial charge in [-0.25, -0.2) is 0 Å². The van der Waals surface area contributed by atoms with Crippen molar-refractivity contribution in [3.8, 4) is 11.3 Å². The first-order chi connectivity index (χ1) is 13.8. The molecule has 0 amide bonds. The van der Waals surface area contributed by atoms with Gasteiger partial charge in [0.15, 0.2) is 11.5 Å². The van der Waals surface area contributed by atoms with Crippen molar-refractivity contribution in [1.29, 1.82) is 0 Å². The highest BCUT2D eigenvalue weighted by Gasteiger charge is 2.26. The molecular weight excluding hydrogens is 354 g/mol. The molecule has 1 fully saturated rings. The Bertz CT molecular complexity index is 1080. The number of piperidine rings is 1. The summed E-state index contributed by atoms with van der Waals surface area (Å²) in [5.74, 6) is 2.29. The van der Waals surface area contributed by atoms with Gasteiger partial charge in [-0.15, -0.1) is 20.4 Å². The van der Waals surface area contributed by atoms with Crippen LogP contribution in [0.1, 0.15) is 30.4 Å². The minimum Gasteiger partial charge on any atom is -0.320 e. The van der Waals surface area contributed by atoms with Crippen LogP contribution < -0.4 is 0 Å². The summed E-state index contributed by atoms with van der Waals surface area (Å²) >= 11 is 0. The molecule has 0 spiro atoms. The molecule has 0 aliphatic carbocycles.